The van der Waals surface area contributed by atoms with Crippen LogP contribution in [0.4, 0.5) is 13.2 Å². The lowest BCUT2D eigenvalue weighted by Crippen LogP contribution is -2.52. The Kier molecular flexibility index (Phi) is 6.52. The van der Waals surface area contributed by atoms with Crippen molar-refractivity contribution < 1.29 is 18.0 Å². The number of likely N-dealkylation sites (tertiary alicyclic amines) is 1. The Morgan fingerprint density at radius 1 is 1.00 bits per heavy atom. The van der Waals surface area contributed by atoms with Gasteiger partial charge < -0.3 is 5.32 Å². The summed E-state index contributed by atoms with van der Waals surface area (Å²) < 4.78 is 39.1. The standard InChI is InChI=1S/C20H33F3N2O/c1-2-19(26)24-16-10-7-14-5-3-4-6-18(14)25(13-16)17-11-8-15(9-12-17)20(21,22)23/h14-18H,2-13H2,1H3,(H,24,26). The fourth-order valence-electron chi connectivity index (χ4n) is 5.46. The van der Waals surface area contributed by atoms with Crippen LogP contribution < -0.4 is 5.32 Å². The maximum atomic E-state index is 13.0. The molecule has 1 heterocycles. The van der Waals surface area contributed by atoms with Crippen LogP contribution in [0.25, 0.3) is 0 Å². The van der Waals surface area contributed by atoms with Gasteiger partial charge in [-0.1, -0.05) is 19.8 Å². The molecule has 150 valence electrons. The number of carbonyl (C=O) groups excluding carboxylic acids is 1. The quantitative estimate of drug-likeness (QED) is 0.779. The first-order valence-corrected chi connectivity index (χ1v) is 10.5. The van der Waals surface area contributed by atoms with Gasteiger partial charge in [-0.3, -0.25) is 9.69 Å². The lowest BCUT2D eigenvalue weighted by atomic mass is 9.79. The summed E-state index contributed by atoms with van der Waals surface area (Å²) in [4.78, 5) is 14.4. The summed E-state index contributed by atoms with van der Waals surface area (Å²) in [6.07, 6.45) is 5.25. The van der Waals surface area contributed by atoms with Gasteiger partial charge in [0.2, 0.25) is 5.91 Å². The van der Waals surface area contributed by atoms with Crippen LogP contribution in [0.3, 0.4) is 0 Å². The molecular weight excluding hydrogens is 341 g/mol. The zero-order valence-electron chi connectivity index (χ0n) is 15.9. The van der Waals surface area contributed by atoms with E-state index in [1.54, 1.807) is 0 Å². The van der Waals surface area contributed by atoms with Crippen molar-refractivity contribution in [2.45, 2.75) is 102 Å². The first kappa shape index (κ1) is 20.0. The van der Waals surface area contributed by atoms with Gasteiger partial charge in [0.15, 0.2) is 0 Å². The maximum absolute atomic E-state index is 13.0. The van der Waals surface area contributed by atoms with E-state index in [4.69, 9.17) is 0 Å². The first-order chi connectivity index (χ1) is 12.4. The van der Waals surface area contributed by atoms with E-state index >= 15 is 0 Å². The number of halogens is 3. The van der Waals surface area contributed by atoms with Gasteiger partial charge >= 0.3 is 6.18 Å². The molecule has 1 N–H and O–H groups in total. The Balaban J connectivity index is 1.69. The van der Waals surface area contributed by atoms with Crippen molar-refractivity contribution in [3.05, 3.63) is 0 Å². The average molecular weight is 374 g/mol. The topological polar surface area (TPSA) is 32.3 Å². The number of hydrogen-bond donors (Lipinski definition) is 1. The van der Waals surface area contributed by atoms with Gasteiger partial charge in [0, 0.05) is 31.1 Å². The number of alkyl halides is 3. The van der Waals surface area contributed by atoms with Crippen molar-refractivity contribution in [2.75, 3.05) is 6.54 Å². The Hall–Kier alpha value is -0.780. The highest BCUT2D eigenvalue weighted by Gasteiger charge is 2.44. The monoisotopic (exact) mass is 374 g/mol. The summed E-state index contributed by atoms with van der Waals surface area (Å²) >= 11 is 0. The second-order valence-electron chi connectivity index (χ2n) is 8.55. The van der Waals surface area contributed by atoms with E-state index in [1.165, 1.54) is 19.3 Å². The van der Waals surface area contributed by atoms with Crippen molar-refractivity contribution in [3.63, 3.8) is 0 Å². The molecule has 3 rings (SSSR count). The summed E-state index contributed by atoms with van der Waals surface area (Å²) in [6.45, 7) is 2.68. The molecule has 3 aliphatic rings. The highest BCUT2D eigenvalue weighted by molar-refractivity contribution is 5.75. The SMILES string of the molecule is CCC(=O)NC1CCC2CCCCC2N(C2CCC(C(F)(F)F)CC2)C1. The van der Waals surface area contributed by atoms with E-state index in [9.17, 15) is 18.0 Å². The molecule has 3 atom stereocenters. The van der Waals surface area contributed by atoms with Gasteiger partial charge in [0.05, 0.1) is 5.92 Å². The lowest BCUT2D eigenvalue weighted by molar-refractivity contribution is -0.185. The number of carbonyl (C=O) groups is 1. The van der Waals surface area contributed by atoms with Crippen molar-refractivity contribution in [3.8, 4) is 0 Å². The molecule has 26 heavy (non-hydrogen) atoms. The predicted octanol–water partition coefficient (Wildman–Crippen LogP) is 4.66. The Morgan fingerprint density at radius 2 is 1.69 bits per heavy atom. The Morgan fingerprint density at radius 3 is 2.35 bits per heavy atom. The van der Waals surface area contributed by atoms with Crippen molar-refractivity contribution in [1.29, 1.82) is 0 Å². The van der Waals surface area contributed by atoms with Crippen LogP contribution in [-0.2, 0) is 4.79 Å². The van der Waals surface area contributed by atoms with Gasteiger partial charge in [-0.15, -0.1) is 0 Å². The van der Waals surface area contributed by atoms with Crippen molar-refractivity contribution in [2.24, 2.45) is 11.8 Å². The molecule has 6 heteroatoms. The summed E-state index contributed by atoms with van der Waals surface area (Å²) in [5.41, 5.74) is 0. The molecule has 0 spiro atoms. The van der Waals surface area contributed by atoms with E-state index in [0.29, 0.717) is 31.2 Å². The second-order valence-corrected chi connectivity index (χ2v) is 8.55. The molecule has 1 aliphatic heterocycles. The molecule has 3 nitrogen and oxygen atoms in total. The normalized spacial score (nSPS) is 36.8. The number of nitrogens with one attached hydrogen (secondary N) is 1. The number of fused-ring (bicyclic) bond motifs is 1. The highest BCUT2D eigenvalue weighted by Crippen LogP contribution is 2.42. The van der Waals surface area contributed by atoms with Crippen molar-refractivity contribution in [1.82, 2.24) is 10.2 Å². The van der Waals surface area contributed by atoms with Crippen LogP contribution in [0, 0.1) is 11.8 Å². The molecule has 3 unspecified atom stereocenters. The summed E-state index contributed by atoms with van der Waals surface area (Å²) in [5.74, 6) is -0.392. The van der Waals surface area contributed by atoms with E-state index in [2.05, 4.69) is 10.2 Å². The van der Waals surface area contributed by atoms with Gasteiger partial charge in [0.25, 0.3) is 0 Å². The zero-order valence-corrected chi connectivity index (χ0v) is 15.9. The molecule has 0 bridgehead atoms. The fraction of sp³-hybridized carbons (Fsp3) is 0.950. The summed E-state index contributed by atoms with van der Waals surface area (Å²) in [5, 5.41) is 3.16. The van der Waals surface area contributed by atoms with E-state index in [1.807, 2.05) is 6.92 Å². The van der Waals surface area contributed by atoms with Crippen LogP contribution >= 0.6 is 0 Å². The van der Waals surface area contributed by atoms with Gasteiger partial charge in [-0.05, 0) is 57.3 Å². The Bertz CT molecular complexity index is 474. The van der Waals surface area contributed by atoms with Gasteiger partial charge in [0.1, 0.15) is 0 Å². The molecule has 2 aliphatic carbocycles. The number of hydrogen-bond acceptors (Lipinski definition) is 2. The minimum absolute atomic E-state index is 0.0839. The van der Waals surface area contributed by atoms with Crippen LogP contribution in [0.2, 0.25) is 0 Å². The Labute approximate surface area is 155 Å². The molecule has 1 saturated heterocycles. The third kappa shape index (κ3) is 4.73. The maximum Gasteiger partial charge on any atom is 0.391 e. The van der Waals surface area contributed by atoms with Crippen molar-refractivity contribution >= 4 is 5.91 Å². The minimum Gasteiger partial charge on any atom is -0.352 e. The number of rotatable bonds is 3. The number of amides is 1. The largest absolute Gasteiger partial charge is 0.391 e. The van der Waals surface area contributed by atoms with Gasteiger partial charge in [-0.2, -0.15) is 13.2 Å². The smallest absolute Gasteiger partial charge is 0.352 e. The fourth-order valence-corrected chi connectivity index (χ4v) is 5.46. The van der Waals surface area contributed by atoms with Crippen LogP contribution in [0.1, 0.15) is 77.6 Å². The molecular formula is C20H33F3N2O. The van der Waals surface area contributed by atoms with E-state index in [0.717, 1.165) is 25.8 Å². The van der Waals surface area contributed by atoms with Gasteiger partial charge in [-0.25, -0.2) is 0 Å². The number of nitrogens with zero attached hydrogens (tertiary/aromatic N) is 1. The van der Waals surface area contributed by atoms with Crippen LogP contribution in [-0.4, -0.2) is 41.7 Å². The minimum atomic E-state index is -4.05. The predicted molar refractivity (Wildman–Crippen MR) is 95.7 cm³/mol. The third-order valence-corrected chi connectivity index (χ3v) is 6.93. The summed E-state index contributed by atoms with van der Waals surface area (Å²) in [6, 6.07) is 0.895. The second kappa shape index (κ2) is 8.49. The van der Waals surface area contributed by atoms with E-state index < -0.39 is 12.1 Å². The summed E-state index contributed by atoms with van der Waals surface area (Å²) in [7, 11) is 0. The molecule has 3 fully saturated rings. The average Bonchev–Trinajstić information content (AvgIpc) is 2.81. The van der Waals surface area contributed by atoms with Crippen LogP contribution in [0.5, 0.6) is 0 Å². The molecule has 0 radical (unpaired) electrons. The molecule has 2 saturated carbocycles. The lowest BCUT2D eigenvalue weighted by Gasteiger charge is -2.45. The molecule has 0 aromatic carbocycles. The highest BCUT2D eigenvalue weighted by atomic mass is 19.4. The molecule has 1 amide bonds. The van der Waals surface area contributed by atoms with Crippen LogP contribution in [0.15, 0.2) is 0 Å². The van der Waals surface area contributed by atoms with E-state index in [-0.39, 0.29) is 30.8 Å². The first-order valence-electron chi connectivity index (χ1n) is 10.5. The third-order valence-electron chi connectivity index (χ3n) is 6.93. The zero-order chi connectivity index (χ0) is 18.7. The molecule has 0 aromatic heterocycles. The molecule has 0 aromatic rings.